The molecule has 0 atom stereocenters. The van der Waals surface area contributed by atoms with Gasteiger partial charge in [0.25, 0.3) is 6.29 Å². The van der Waals surface area contributed by atoms with Crippen molar-refractivity contribution in [2.75, 3.05) is 27.4 Å². The molecule has 0 aliphatic rings. The van der Waals surface area contributed by atoms with Gasteiger partial charge in [-0.15, -0.1) is 0 Å². The van der Waals surface area contributed by atoms with Gasteiger partial charge in [-0.2, -0.15) is 0 Å². The van der Waals surface area contributed by atoms with Crippen LogP contribution in [0.2, 0.25) is 0 Å². The maximum atomic E-state index is 11.6. The summed E-state index contributed by atoms with van der Waals surface area (Å²) in [5.41, 5.74) is 0. The molecule has 8 nitrogen and oxygen atoms in total. The van der Waals surface area contributed by atoms with Crippen LogP contribution in [0, 0.1) is 0 Å². The van der Waals surface area contributed by atoms with Gasteiger partial charge < -0.3 is 28.8 Å². The van der Waals surface area contributed by atoms with Crippen LogP contribution in [-0.4, -0.2) is 56.7 Å². The SMILES string of the molecule is CCOC(OCC)C(OC)(OC)OC(=O)/C=C/C(=O)O. The molecule has 0 rings (SSSR count). The van der Waals surface area contributed by atoms with E-state index in [9.17, 15) is 9.59 Å². The highest BCUT2D eigenvalue weighted by molar-refractivity contribution is 5.90. The molecule has 1 N–H and O–H groups in total. The number of hydrogen-bond donors (Lipinski definition) is 1. The Labute approximate surface area is 117 Å². The van der Waals surface area contributed by atoms with Crippen molar-refractivity contribution in [3.63, 3.8) is 0 Å². The highest BCUT2D eigenvalue weighted by Crippen LogP contribution is 2.23. The molecule has 0 aromatic heterocycles. The maximum Gasteiger partial charge on any atom is 0.383 e. The van der Waals surface area contributed by atoms with Crippen LogP contribution >= 0.6 is 0 Å². The zero-order valence-corrected chi connectivity index (χ0v) is 12.0. The van der Waals surface area contributed by atoms with Crippen molar-refractivity contribution in [2.45, 2.75) is 26.1 Å². The van der Waals surface area contributed by atoms with Gasteiger partial charge >= 0.3 is 17.9 Å². The monoisotopic (exact) mass is 292 g/mol. The summed E-state index contributed by atoms with van der Waals surface area (Å²) in [5.74, 6) is -4.18. The van der Waals surface area contributed by atoms with Crippen molar-refractivity contribution in [3.05, 3.63) is 12.2 Å². The third-order valence-electron chi connectivity index (χ3n) is 2.10. The van der Waals surface area contributed by atoms with Crippen LogP contribution in [0.3, 0.4) is 0 Å². The van der Waals surface area contributed by atoms with Gasteiger partial charge in [-0.25, -0.2) is 9.59 Å². The van der Waals surface area contributed by atoms with E-state index in [1.54, 1.807) is 13.8 Å². The predicted molar refractivity (Wildman–Crippen MR) is 66.7 cm³/mol. The van der Waals surface area contributed by atoms with Crippen LogP contribution < -0.4 is 0 Å². The second-order valence-electron chi connectivity index (χ2n) is 3.35. The summed E-state index contributed by atoms with van der Waals surface area (Å²) in [6.07, 6.45) is 0.244. The molecular formula is C12H20O8. The summed E-state index contributed by atoms with van der Waals surface area (Å²) in [6, 6.07) is 0. The molecule has 0 heterocycles. The summed E-state index contributed by atoms with van der Waals surface area (Å²) >= 11 is 0. The minimum absolute atomic E-state index is 0.266. The first-order valence-corrected chi connectivity index (χ1v) is 5.93. The molecule has 20 heavy (non-hydrogen) atoms. The topological polar surface area (TPSA) is 101 Å². The Balaban J connectivity index is 5.05. The molecule has 0 fully saturated rings. The molecule has 0 radical (unpaired) electrons. The second kappa shape index (κ2) is 9.43. The molecule has 0 unspecified atom stereocenters. The summed E-state index contributed by atoms with van der Waals surface area (Å²) in [6.45, 7) is 3.96. The van der Waals surface area contributed by atoms with Crippen molar-refractivity contribution < 1.29 is 38.4 Å². The van der Waals surface area contributed by atoms with Crippen LogP contribution in [0.15, 0.2) is 12.2 Å². The molecule has 0 amide bonds. The van der Waals surface area contributed by atoms with Crippen LogP contribution in [0.25, 0.3) is 0 Å². The van der Waals surface area contributed by atoms with Crippen LogP contribution in [0.5, 0.6) is 0 Å². The lowest BCUT2D eigenvalue weighted by Gasteiger charge is -2.35. The number of rotatable bonds is 10. The van der Waals surface area contributed by atoms with Gasteiger partial charge in [0, 0.05) is 39.6 Å². The van der Waals surface area contributed by atoms with E-state index < -0.39 is 24.2 Å². The van der Waals surface area contributed by atoms with E-state index in [2.05, 4.69) is 0 Å². The fourth-order valence-electron chi connectivity index (χ4n) is 1.28. The predicted octanol–water partition coefficient (Wildman–Crippen LogP) is 0.516. The highest BCUT2D eigenvalue weighted by Gasteiger charge is 2.46. The number of hydrogen-bond acceptors (Lipinski definition) is 7. The fraction of sp³-hybridized carbons (Fsp3) is 0.667. The Morgan fingerprint density at radius 3 is 1.95 bits per heavy atom. The van der Waals surface area contributed by atoms with Gasteiger partial charge in [0.15, 0.2) is 0 Å². The molecule has 0 aliphatic heterocycles. The van der Waals surface area contributed by atoms with E-state index >= 15 is 0 Å². The van der Waals surface area contributed by atoms with Gasteiger partial charge in [-0.05, 0) is 13.8 Å². The van der Waals surface area contributed by atoms with Crippen molar-refractivity contribution in [2.24, 2.45) is 0 Å². The summed E-state index contributed by atoms with van der Waals surface area (Å²) < 4.78 is 25.6. The Bertz CT molecular complexity index is 328. The minimum atomic E-state index is -1.92. The fourth-order valence-corrected chi connectivity index (χ4v) is 1.28. The number of esters is 1. The number of carboxylic acid groups (broad SMARTS) is 1. The molecule has 116 valence electrons. The number of ether oxygens (including phenoxy) is 5. The molecule has 0 spiro atoms. The van der Waals surface area contributed by atoms with Gasteiger partial charge in [0.1, 0.15) is 0 Å². The molecule has 0 aromatic rings. The maximum absolute atomic E-state index is 11.6. The number of methoxy groups -OCH3 is 2. The Morgan fingerprint density at radius 2 is 1.60 bits per heavy atom. The lowest BCUT2D eigenvalue weighted by atomic mass is 10.4. The van der Waals surface area contributed by atoms with Crippen LogP contribution in [-0.2, 0) is 33.3 Å². The molecule has 0 bridgehead atoms. The standard InChI is InChI=1S/C12H20O8/c1-5-18-11(19-6-2)12(16-3,17-4)20-10(15)8-7-9(13)14/h7-8,11H,5-6H2,1-4H3,(H,13,14)/b8-7+. The van der Waals surface area contributed by atoms with E-state index in [1.807, 2.05) is 0 Å². The van der Waals surface area contributed by atoms with Gasteiger partial charge in [0.05, 0.1) is 0 Å². The summed E-state index contributed by atoms with van der Waals surface area (Å²) in [4.78, 5) is 21.9. The lowest BCUT2D eigenvalue weighted by Crippen LogP contribution is -2.52. The van der Waals surface area contributed by atoms with Gasteiger partial charge in [-0.1, -0.05) is 0 Å². The van der Waals surface area contributed by atoms with Gasteiger partial charge in [-0.3, -0.25) is 0 Å². The third-order valence-corrected chi connectivity index (χ3v) is 2.10. The zero-order valence-electron chi connectivity index (χ0n) is 12.0. The molecule has 0 saturated heterocycles. The minimum Gasteiger partial charge on any atom is -0.478 e. The first-order chi connectivity index (χ1) is 9.45. The Hall–Kier alpha value is -1.48. The van der Waals surface area contributed by atoms with Crippen molar-refractivity contribution >= 4 is 11.9 Å². The molecule has 0 saturated carbocycles. The molecule has 8 heteroatoms. The van der Waals surface area contributed by atoms with Gasteiger partial charge in [0.2, 0.25) is 0 Å². The smallest absolute Gasteiger partial charge is 0.383 e. The normalized spacial score (nSPS) is 12.1. The third kappa shape index (κ3) is 5.66. The molecule has 0 aromatic carbocycles. The van der Waals surface area contributed by atoms with E-state index in [1.165, 1.54) is 14.2 Å². The Kier molecular flexibility index (Phi) is 8.73. The van der Waals surface area contributed by atoms with Crippen molar-refractivity contribution in [3.8, 4) is 0 Å². The van der Waals surface area contributed by atoms with E-state index in [0.29, 0.717) is 6.08 Å². The van der Waals surface area contributed by atoms with Crippen molar-refractivity contribution in [1.82, 2.24) is 0 Å². The second-order valence-corrected chi connectivity index (χ2v) is 3.35. The first kappa shape index (κ1) is 18.5. The van der Waals surface area contributed by atoms with E-state index in [0.717, 1.165) is 6.08 Å². The van der Waals surface area contributed by atoms with Crippen LogP contribution in [0.1, 0.15) is 13.8 Å². The molecular weight excluding hydrogens is 272 g/mol. The average molecular weight is 292 g/mol. The zero-order chi connectivity index (χ0) is 15.6. The summed E-state index contributed by atoms with van der Waals surface area (Å²) in [5, 5.41) is 8.45. The average Bonchev–Trinajstić information content (AvgIpc) is 2.42. The number of carbonyl (C=O) groups excluding carboxylic acids is 1. The lowest BCUT2D eigenvalue weighted by molar-refractivity contribution is -0.426. The molecule has 0 aliphatic carbocycles. The number of aliphatic carboxylic acids is 1. The quantitative estimate of drug-likeness (QED) is 0.353. The largest absolute Gasteiger partial charge is 0.478 e. The van der Waals surface area contributed by atoms with Crippen LogP contribution in [0.4, 0.5) is 0 Å². The highest BCUT2D eigenvalue weighted by atomic mass is 16.9. The van der Waals surface area contributed by atoms with E-state index in [4.69, 9.17) is 28.8 Å². The van der Waals surface area contributed by atoms with E-state index in [-0.39, 0.29) is 13.2 Å². The number of carbonyl (C=O) groups is 2. The Morgan fingerprint density at radius 1 is 1.10 bits per heavy atom. The summed E-state index contributed by atoms with van der Waals surface area (Å²) in [7, 11) is 2.48. The first-order valence-electron chi connectivity index (χ1n) is 5.93. The number of carboxylic acids is 1. The van der Waals surface area contributed by atoms with Crippen molar-refractivity contribution in [1.29, 1.82) is 0 Å².